The molecule has 2 fully saturated rings. The van der Waals surface area contributed by atoms with Crippen LogP contribution >= 0.6 is 0 Å². The molecule has 2 aliphatic rings. The van der Waals surface area contributed by atoms with E-state index < -0.39 is 5.60 Å². The van der Waals surface area contributed by atoms with E-state index in [1.807, 2.05) is 19.4 Å². The maximum Gasteiger partial charge on any atom is 0.108 e. The molecule has 2 aliphatic carbocycles. The molecule has 0 aromatic carbocycles. The van der Waals surface area contributed by atoms with Gasteiger partial charge >= 0.3 is 0 Å². The van der Waals surface area contributed by atoms with E-state index in [1.165, 1.54) is 25.7 Å². The standard InChI is InChI=1S/C15H24N2O/c1-17-10-9-16-14(17)6-8-15(18)7-2-3-13(11-15)12-4-5-12/h9-10,12-13,18H,2-8,11H2,1H3. The highest BCUT2D eigenvalue weighted by atomic mass is 16.3. The van der Waals surface area contributed by atoms with Crippen molar-refractivity contribution in [3.05, 3.63) is 18.2 Å². The van der Waals surface area contributed by atoms with Crippen LogP contribution in [0, 0.1) is 11.8 Å². The topological polar surface area (TPSA) is 38.0 Å². The highest BCUT2D eigenvalue weighted by molar-refractivity contribution is 4.97. The average molecular weight is 248 g/mol. The second-order valence-electron chi connectivity index (χ2n) is 6.37. The van der Waals surface area contributed by atoms with E-state index in [2.05, 4.69) is 9.55 Å². The van der Waals surface area contributed by atoms with Gasteiger partial charge in [0.25, 0.3) is 0 Å². The van der Waals surface area contributed by atoms with Crippen molar-refractivity contribution < 1.29 is 5.11 Å². The molecular weight excluding hydrogens is 224 g/mol. The first kappa shape index (κ1) is 12.2. The van der Waals surface area contributed by atoms with Gasteiger partial charge in [-0.1, -0.05) is 6.42 Å². The number of imidazole rings is 1. The van der Waals surface area contributed by atoms with Crippen molar-refractivity contribution >= 4 is 0 Å². The van der Waals surface area contributed by atoms with Crippen LogP contribution in [-0.4, -0.2) is 20.3 Å². The van der Waals surface area contributed by atoms with Crippen LogP contribution in [0.2, 0.25) is 0 Å². The molecule has 18 heavy (non-hydrogen) atoms. The van der Waals surface area contributed by atoms with E-state index in [9.17, 15) is 5.11 Å². The lowest BCUT2D eigenvalue weighted by atomic mass is 9.74. The summed E-state index contributed by atoms with van der Waals surface area (Å²) in [4.78, 5) is 4.35. The molecule has 1 heterocycles. The largest absolute Gasteiger partial charge is 0.390 e. The fourth-order valence-corrected chi connectivity index (χ4v) is 3.56. The number of aliphatic hydroxyl groups is 1. The summed E-state index contributed by atoms with van der Waals surface area (Å²) in [5.74, 6) is 2.83. The molecule has 1 aromatic heterocycles. The van der Waals surface area contributed by atoms with E-state index >= 15 is 0 Å². The van der Waals surface area contributed by atoms with Crippen LogP contribution in [0.25, 0.3) is 0 Å². The number of nitrogens with zero attached hydrogens (tertiary/aromatic N) is 2. The van der Waals surface area contributed by atoms with E-state index in [0.717, 1.165) is 43.3 Å². The Balaban J connectivity index is 1.58. The maximum absolute atomic E-state index is 10.8. The zero-order chi connectivity index (χ0) is 12.6. The summed E-state index contributed by atoms with van der Waals surface area (Å²) in [7, 11) is 2.03. The lowest BCUT2D eigenvalue weighted by molar-refractivity contribution is -0.0270. The second-order valence-corrected chi connectivity index (χ2v) is 6.37. The minimum atomic E-state index is -0.419. The van der Waals surface area contributed by atoms with Crippen molar-refractivity contribution in [3.63, 3.8) is 0 Å². The molecule has 2 atom stereocenters. The molecule has 0 aliphatic heterocycles. The first-order valence-electron chi connectivity index (χ1n) is 7.35. The number of aryl methyl sites for hydroxylation is 2. The van der Waals surface area contributed by atoms with Gasteiger partial charge < -0.3 is 9.67 Å². The predicted octanol–water partition coefficient (Wildman–Crippen LogP) is 2.68. The summed E-state index contributed by atoms with van der Waals surface area (Å²) in [6.45, 7) is 0. The van der Waals surface area contributed by atoms with Crippen LogP contribution in [0.3, 0.4) is 0 Å². The normalized spacial score (nSPS) is 32.7. The summed E-state index contributed by atoms with van der Waals surface area (Å²) >= 11 is 0. The molecule has 100 valence electrons. The van der Waals surface area contributed by atoms with Crippen molar-refractivity contribution in [1.82, 2.24) is 9.55 Å². The van der Waals surface area contributed by atoms with Crippen LogP contribution in [-0.2, 0) is 13.5 Å². The molecule has 2 unspecified atom stereocenters. The Labute approximate surface area is 109 Å². The molecule has 3 nitrogen and oxygen atoms in total. The molecular formula is C15H24N2O. The summed E-state index contributed by atoms with van der Waals surface area (Å²) < 4.78 is 2.06. The second kappa shape index (κ2) is 4.69. The summed E-state index contributed by atoms with van der Waals surface area (Å²) in [6.07, 6.45) is 13.0. The molecule has 1 aromatic rings. The Bertz CT molecular complexity index is 410. The highest BCUT2D eigenvalue weighted by Crippen LogP contribution is 2.47. The Hall–Kier alpha value is -0.830. The van der Waals surface area contributed by atoms with E-state index in [0.29, 0.717) is 0 Å². The van der Waals surface area contributed by atoms with E-state index in [4.69, 9.17) is 0 Å². The molecule has 3 heteroatoms. The van der Waals surface area contributed by atoms with Crippen molar-refractivity contribution in [2.45, 2.75) is 57.0 Å². The zero-order valence-corrected chi connectivity index (χ0v) is 11.3. The molecule has 1 N–H and O–H groups in total. The highest BCUT2D eigenvalue weighted by Gasteiger charge is 2.40. The minimum Gasteiger partial charge on any atom is -0.390 e. The Morgan fingerprint density at radius 2 is 2.22 bits per heavy atom. The quantitative estimate of drug-likeness (QED) is 0.889. The number of rotatable bonds is 4. The summed E-state index contributed by atoms with van der Waals surface area (Å²) in [5.41, 5.74) is -0.419. The number of hydrogen-bond donors (Lipinski definition) is 1. The summed E-state index contributed by atoms with van der Waals surface area (Å²) in [6, 6.07) is 0. The van der Waals surface area contributed by atoms with E-state index in [1.54, 1.807) is 0 Å². The van der Waals surface area contributed by atoms with Crippen LogP contribution in [0.1, 0.15) is 50.8 Å². The average Bonchev–Trinajstić information content (AvgIpc) is 3.11. The third-order valence-electron chi connectivity index (χ3n) is 4.88. The number of aromatic nitrogens is 2. The first-order valence-corrected chi connectivity index (χ1v) is 7.35. The smallest absolute Gasteiger partial charge is 0.108 e. The molecule has 2 saturated carbocycles. The van der Waals surface area contributed by atoms with Gasteiger partial charge in [0.05, 0.1) is 5.60 Å². The molecule has 0 saturated heterocycles. The third kappa shape index (κ3) is 2.61. The van der Waals surface area contributed by atoms with Gasteiger partial charge in [-0.25, -0.2) is 4.98 Å². The fraction of sp³-hybridized carbons (Fsp3) is 0.800. The fourth-order valence-electron chi connectivity index (χ4n) is 3.56. The van der Waals surface area contributed by atoms with Gasteiger partial charge in [-0.3, -0.25) is 0 Å². The maximum atomic E-state index is 10.8. The van der Waals surface area contributed by atoms with Crippen LogP contribution in [0.15, 0.2) is 12.4 Å². The van der Waals surface area contributed by atoms with Gasteiger partial charge in [0.2, 0.25) is 0 Å². The van der Waals surface area contributed by atoms with Crippen molar-refractivity contribution in [2.24, 2.45) is 18.9 Å². The van der Waals surface area contributed by atoms with Crippen molar-refractivity contribution in [1.29, 1.82) is 0 Å². The van der Waals surface area contributed by atoms with Crippen LogP contribution < -0.4 is 0 Å². The third-order valence-corrected chi connectivity index (χ3v) is 4.88. The lowest BCUT2D eigenvalue weighted by Crippen LogP contribution is -2.36. The van der Waals surface area contributed by atoms with Gasteiger partial charge in [0.15, 0.2) is 0 Å². The van der Waals surface area contributed by atoms with Crippen LogP contribution in [0.5, 0.6) is 0 Å². The van der Waals surface area contributed by atoms with Gasteiger partial charge in [-0.2, -0.15) is 0 Å². The molecule has 0 amide bonds. The summed E-state index contributed by atoms with van der Waals surface area (Å²) in [5, 5.41) is 10.8. The Morgan fingerprint density at radius 3 is 2.89 bits per heavy atom. The van der Waals surface area contributed by atoms with E-state index in [-0.39, 0.29) is 0 Å². The van der Waals surface area contributed by atoms with Gasteiger partial charge in [0, 0.05) is 25.9 Å². The number of hydrogen-bond acceptors (Lipinski definition) is 2. The van der Waals surface area contributed by atoms with Crippen molar-refractivity contribution in [3.8, 4) is 0 Å². The van der Waals surface area contributed by atoms with Gasteiger partial charge in [0.1, 0.15) is 5.82 Å². The SMILES string of the molecule is Cn1ccnc1CCC1(O)CCCC(C2CC2)C1. The Kier molecular flexibility index (Phi) is 3.18. The molecule has 0 radical (unpaired) electrons. The predicted molar refractivity (Wildman–Crippen MR) is 71.2 cm³/mol. The minimum absolute atomic E-state index is 0.419. The lowest BCUT2D eigenvalue weighted by Gasteiger charge is -2.37. The van der Waals surface area contributed by atoms with Gasteiger partial charge in [-0.15, -0.1) is 0 Å². The molecule has 3 rings (SSSR count). The molecule has 0 spiro atoms. The first-order chi connectivity index (χ1) is 8.66. The van der Waals surface area contributed by atoms with Crippen LogP contribution in [0.4, 0.5) is 0 Å². The van der Waals surface area contributed by atoms with Gasteiger partial charge in [-0.05, 0) is 50.4 Å². The Morgan fingerprint density at radius 1 is 1.39 bits per heavy atom. The molecule has 0 bridgehead atoms. The monoisotopic (exact) mass is 248 g/mol. The van der Waals surface area contributed by atoms with Crippen molar-refractivity contribution in [2.75, 3.05) is 0 Å². The zero-order valence-electron chi connectivity index (χ0n) is 11.3.